The molecule has 1 aromatic rings. The number of imide groups is 1. The highest BCUT2D eigenvalue weighted by molar-refractivity contribution is 5.94. The summed E-state index contributed by atoms with van der Waals surface area (Å²) in [4.78, 5) is 24.7. The zero-order valence-electron chi connectivity index (χ0n) is 12.5. The summed E-state index contributed by atoms with van der Waals surface area (Å²) in [7, 11) is 0. The lowest BCUT2D eigenvalue weighted by Gasteiger charge is -2.34. The summed E-state index contributed by atoms with van der Waals surface area (Å²) < 4.78 is 0. The van der Waals surface area contributed by atoms with Gasteiger partial charge < -0.3 is 5.73 Å². The molecule has 0 aromatic heterocycles. The third-order valence-electron chi connectivity index (χ3n) is 3.96. The molecule has 3 N–H and O–H groups in total. The molecule has 0 spiro atoms. The monoisotopic (exact) mass is 289 g/mol. The smallest absolute Gasteiger partial charge is 0.318 e. The van der Waals surface area contributed by atoms with Gasteiger partial charge in [-0.05, 0) is 43.4 Å². The minimum atomic E-state index is -0.787. The van der Waals surface area contributed by atoms with Gasteiger partial charge in [0.15, 0.2) is 0 Å². The number of urea groups is 1. The molecular formula is C16H23N3O2. The molecule has 0 heterocycles. The molecule has 1 aliphatic carbocycles. The van der Waals surface area contributed by atoms with Gasteiger partial charge >= 0.3 is 6.03 Å². The quantitative estimate of drug-likeness (QED) is 0.861. The molecule has 0 aliphatic heterocycles. The Hall–Kier alpha value is -1.88. The first kappa shape index (κ1) is 15.5. The molecular weight excluding hydrogens is 266 g/mol. The first-order valence-corrected chi connectivity index (χ1v) is 7.50. The van der Waals surface area contributed by atoms with Crippen LogP contribution in [-0.4, -0.2) is 36.0 Å². The number of carbonyl (C=O) groups excluding carboxylic acids is 2. The Balaban J connectivity index is 2.02. The van der Waals surface area contributed by atoms with Gasteiger partial charge in [0.1, 0.15) is 0 Å². The van der Waals surface area contributed by atoms with E-state index in [2.05, 4.69) is 41.4 Å². The van der Waals surface area contributed by atoms with E-state index >= 15 is 0 Å². The molecule has 0 fully saturated rings. The number of benzene rings is 1. The summed E-state index contributed by atoms with van der Waals surface area (Å²) in [5.41, 5.74) is 7.77. The number of aryl methyl sites for hydroxylation is 1. The van der Waals surface area contributed by atoms with Crippen LogP contribution in [0.15, 0.2) is 24.3 Å². The molecule has 5 nitrogen and oxygen atoms in total. The molecule has 114 valence electrons. The van der Waals surface area contributed by atoms with Crippen molar-refractivity contribution in [3.63, 3.8) is 0 Å². The van der Waals surface area contributed by atoms with Crippen molar-refractivity contribution in [3.8, 4) is 0 Å². The lowest BCUT2D eigenvalue weighted by Crippen LogP contribution is -2.47. The van der Waals surface area contributed by atoms with E-state index in [1.807, 2.05) is 0 Å². The molecule has 1 atom stereocenters. The molecule has 0 saturated heterocycles. The Morgan fingerprint density at radius 1 is 1.33 bits per heavy atom. The molecule has 5 heteroatoms. The van der Waals surface area contributed by atoms with Gasteiger partial charge in [-0.3, -0.25) is 15.0 Å². The van der Waals surface area contributed by atoms with Crippen LogP contribution >= 0.6 is 0 Å². The van der Waals surface area contributed by atoms with Crippen LogP contribution in [0.3, 0.4) is 0 Å². The van der Waals surface area contributed by atoms with Gasteiger partial charge in [-0.1, -0.05) is 31.2 Å². The first-order chi connectivity index (χ1) is 10.1. The van der Waals surface area contributed by atoms with E-state index in [9.17, 15) is 9.59 Å². The van der Waals surface area contributed by atoms with Crippen LogP contribution in [0, 0.1) is 0 Å². The number of hydrogen-bond acceptors (Lipinski definition) is 3. The maximum atomic E-state index is 11.8. The average Bonchev–Trinajstić information content (AvgIpc) is 2.45. The van der Waals surface area contributed by atoms with Gasteiger partial charge in [0, 0.05) is 6.04 Å². The minimum absolute atomic E-state index is 0.226. The lowest BCUT2D eigenvalue weighted by atomic mass is 9.87. The van der Waals surface area contributed by atoms with Gasteiger partial charge in [0.25, 0.3) is 0 Å². The predicted octanol–water partition coefficient (Wildman–Crippen LogP) is 1.45. The van der Waals surface area contributed by atoms with Gasteiger partial charge in [-0.15, -0.1) is 0 Å². The number of hydrogen-bond donors (Lipinski definition) is 2. The van der Waals surface area contributed by atoms with E-state index in [1.165, 1.54) is 11.1 Å². The Bertz CT molecular complexity index is 516. The maximum Gasteiger partial charge on any atom is 0.318 e. The second kappa shape index (κ2) is 7.22. The molecule has 3 amide bonds. The van der Waals surface area contributed by atoms with Crippen LogP contribution in [0.2, 0.25) is 0 Å². The third-order valence-corrected chi connectivity index (χ3v) is 3.96. The van der Waals surface area contributed by atoms with Gasteiger partial charge in [0.2, 0.25) is 5.91 Å². The van der Waals surface area contributed by atoms with Crippen molar-refractivity contribution in [2.45, 2.75) is 38.6 Å². The fraction of sp³-hybridized carbons (Fsp3) is 0.500. The number of rotatable bonds is 5. The van der Waals surface area contributed by atoms with Crippen LogP contribution in [0.4, 0.5) is 4.79 Å². The van der Waals surface area contributed by atoms with Crippen molar-refractivity contribution in [1.82, 2.24) is 10.2 Å². The number of nitrogens with zero attached hydrogens (tertiary/aromatic N) is 1. The van der Waals surface area contributed by atoms with Crippen LogP contribution < -0.4 is 11.1 Å². The van der Waals surface area contributed by atoms with E-state index in [0.717, 1.165) is 32.2 Å². The summed E-state index contributed by atoms with van der Waals surface area (Å²) in [6.07, 6.45) is 4.02. The molecule has 21 heavy (non-hydrogen) atoms. The van der Waals surface area contributed by atoms with Crippen LogP contribution in [0.1, 0.15) is 30.9 Å². The SMILES string of the molecule is CCCN(CC(=O)NC(N)=O)[C@H]1CCc2ccccc2C1. The molecule has 0 unspecified atom stereocenters. The maximum absolute atomic E-state index is 11.8. The Labute approximate surface area is 125 Å². The van der Waals surface area contributed by atoms with E-state index in [1.54, 1.807) is 0 Å². The highest BCUT2D eigenvalue weighted by Gasteiger charge is 2.25. The van der Waals surface area contributed by atoms with Crippen molar-refractivity contribution < 1.29 is 9.59 Å². The van der Waals surface area contributed by atoms with E-state index < -0.39 is 6.03 Å². The largest absolute Gasteiger partial charge is 0.351 e. The van der Waals surface area contributed by atoms with Crippen molar-refractivity contribution in [2.75, 3.05) is 13.1 Å². The predicted molar refractivity (Wildman–Crippen MR) is 81.8 cm³/mol. The van der Waals surface area contributed by atoms with E-state index in [-0.39, 0.29) is 12.5 Å². The zero-order valence-corrected chi connectivity index (χ0v) is 12.5. The molecule has 0 saturated carbocycles. The van der Waals surface area contributed by atoms with Crippen molar-refractivity contribution >= 4 is 11.9 Å². The van der Waals surface area contributed by atoms with E-state index in [4.69, 9.17) is 5.73 Å². The van der Waals surface area contributed by atoms with Gasteiger partial charge in [0.05, 0.1) is 6.54 Å². The number of amides is 3. The second-order valence-electron chi connectivity index (χ2n) is 5.55. The highest BCUT2D eigenvalue weighted by Crippen LogP contribution is 2.24. The van der Waals surface area contributed by atoms with Gasteiger partial charge in [-0.2, -0.15) is 0 Å². The fourth-order valence-electron chi connectivity index (χ4n) is 3.03. The van der Waals surface area contributed by atoms with E-state index in [0.29, 0.717) is 6.04 Å². The highest BCUT2D eigenvalue weighted by atomic mass is 16.2. The van der Waals surface area contributed by atoms with Crippen LogP contribution in [0.5, 0.6) is 0 Å². The normalized spacial score (nSPS) is 17.3. The summed E-state index contributed by atoms with van der Waals surface area (Å²) in [6, 6.07) is 8.03. The molecule has 2 rings (SSSR count). The summed E-state index contributed by atoms with van der Waals surface area (Å²) >= 11 is 0. The Morgan fingerprint density at radius 3 is 2.71 bits per heavy atom. The number of nitrogens with one attached hydrogen (secondary N) is 1. The summed E-state index contributed by atoms with van der Waals surface area (Å²) in [6.45, 7) is 3.17. The summed E-state index contributed by atoms with van der Waals surface area (Å²) in [5.74, 6) is -0.324. The number of nitrogens with two attached hydrogens (primary N) is 1. The van der Waals surface area contributed by atoms with Gasteiger partial charge in [-0.25, -0.2) is 4.79 Å². The molecule has 1 aromatic carbocycles. The average molecular weight is 289 g/mol. The number of carbonyl (C=O) groups is 2. The number of primary amides is 1. The molecule has 1 aliphatic rings. The Morgan fingerprint density at radius 2 is 2.05 bits per heavy atom. The third kappa shape index (κ3) is 4.29. The number of fused-ring (bicyclic) bond motifs is 1. The molecule has 0 radical (unpaired) electrons. The van der Waals surface area contributed by atoms with Crippen LogP contribution in [0.25, 0.3) is 0 Å². The fourth-order valence-corrected chi connectivity index (χ4v) is 3.03. The van der Waals surface area contributed by atoms with Crippen molar-refractivity contribution in [2.24, 2.45) is 5.73 Å². The second-order valence-corrected chi connectivity index (χ2v) is 5.55. The first-order valence-electron chi connectivity index (χ1n) is 7.50. The molecule has 0 bridgehead atoms. The van der Waals surface area contributed by atoms with Crippen molar-refractivity contribution in [1.29, 1.82) is 0 Å². The zero-order chi connectivity index (χ0) is 15.2. The van der Waals surface area contributed by atoms with Crippen LogP contribution in [-0.2, 0) is 17.6 Å². The standard InChI is InChI=1S/C16H23N3O2/c1-2-9-19(11-15(20)18-16(17)21)14-8-7-12-5-3-4-6-13(12)10-14/h3-6,14H,2,7-11H2,1H3,(H3,17,18,20,21)/t14-/m0/s1. The Kier molecular flexibility index (Phi) is 5.33. The topological polar surface area (TPSA) is 75.4 Å². The summed E-state index contributed by atoms with van der Waals surface area (Å²) in [5, 5.41) is 2.15. The minimum Gasteiger partial charge on any atom is -0.351 e. The lowest BCUT2D eigenvalue weighted by molar-refractivity contribution is -0.121. The van der Waals surface area contributed by atoms with Crippen molar-refractivity contribution in [3.05, 3.63) is 35.4 Å².